The number of hydrogen-bond acceptors (Lipinski definition) is 3. The molecule has 4 heteroatoms. The van der Waals surface area contributed by atoms with E-state index in [4.69, 9.17) is 4.74 Å². The predicted molar refractivity (Wildman–Crippen MR) is 64.2 cm³/mol. The summed E-state index contributed by atoms with van der Waals surface area (Å²) < 4.78 is 6.49. The van der Waals surface area contributed by atoms with Gasteiger partial charge in [-0.2, -0.15) is 0 Å². The van der Waals surface area contributed by atoms with Crippen molar-refractivity contribution in [3.63, 3.8) is 0 Å². The van der Waals surface area contributed by atoms with E-state index >= 15 is 0 Å². The summed E-state index contributed by atoms with van der Waals surface area (Å²) in [4.78, 5) is 6.72. The van der Waals surface area contributed by atoms with Gasteiger partial charge in [0, 0.05) is 17.2 Å². The molecule has 82 valence electrons. The summed E-state index contributed by atoms with van der Waals surface area (Å²) in [5, 5.41) is 0. The number of aromatic nitrogens is 1. The standard InChI is InChI=1S/C11H15BrN2O/c1-11(2)8-15-6-5-14(11)10-4-3-9(12)7-13-10/h3-4,7H,5-6,8H2,1-2H3. The Morgan fingerprint density at radius 2 is 2.27 bits per heavy atom. The highest BCUT2D eigenvalue weighted by Gasteiger charge is 2.31. The largest absolute Gasteiger partial charge is 0.377 e. The maximum Gasteiger partial charge on any atom is 0.129 e. The molecular weight excluding hydrogens is 256 g/mol. The first kappa shape index (κ1) is 10.9. The Morgan fingerprint density at radius 3 is 2.87 bits per heavy atom. The summed E-state index contributed by atoms with van der Waals surface area (Å²) >= 11 is 3.39. The normalized spacial score (nSPS) is 20.3. The van der Waals surface area contributed by atoms with Crippen LogP contribution >= 0.6 is 15.9 Å². The molecule has 1 aromatic rings. The lowest BCUT2D eigenvalue weighted by Crippen LogP contribution is -2.53. The van der Waals surface area contributed by atoms with Gasteiger partial charge in [-0.05, 0) is 41.9 Å². The van der Waals surface area contributed by atoms with E-state index in [1.54, 1.807) is 0 Å². The number of rotatable bonds is 1. The fourth-order valence-corrected chi connectivity index (χ4v) is 2.05. The van der Waals surface area contributed by atoms with Gasteiger partial charge in [-0.25, -0.2) is 4.98 Å². The summed E-state index contributed by atoms with van der Waals surface area (Å²) in [6.45, 7) is 6.79. The minimum Gasteiger partial charge on any atom is -0.377 e. The van der Waals surface area contributed by atoms with Crippen molar-refractivity contribution < 1.29 is 4.74 Å². The molecule has 1 fully saturated rings. The van der Waals surface area contributed by atoms with E-state index < -0.39 is 0 Å². The molecule has 2 heterocycles. The zero-order chi connectivity index (χ0) is 10.9. The van der Waals surface area contributed by atoms with Crippen molar-refractivity contribution in [2.24, 2.45) is 0 Å². The Hall–Kier alpha value is -0.610. The number of hydrogen-bond donors (Lipinski definition) is 0. The van der Waals surface area contributed by atoms with Gasteiger partial charge >= 0.3 is 0 Å². The summed E-state index contributed by atoms with van der Waals surface area (Å²) in [6, 6.07) is 4.06. The maximum atomic E-state index is 5.48. The molecule has 2 rings (SSSR count). The van der Waals surface area contributed by atoms with Gasteiger partial charge in [-0.3, -0.25) is 0 Å². The van der Waals surface area contributed by atoms with Crippen LogP contribution in [0.15, 0.2) is 22.8 Å². The number of ether oxygens (including phenoxy) is 1. The molecule has 0 spiro atoms. The van der Waals surface area contributed by atoms with Gasteiger partial charge in [0.2, 0.25) is 0 Å². The second-order valence-electron chi connectivity index (χ2n) is 4.35. The first-order valence-corrected chi connectivity index (χ1v) is 5.86. The first-order chi connectivity index (χ1) is 7.09. The molecule has 15 heavy (non-hydrogen) atoms. The van der Waals surface area contributed by atoms with Crippen molar-refractivity contribution in [2.75, 3.05) is 24.7 Å². The number of halogens is 1. The third-order valence-electron chi connectivity index (χ3n) is 2.63. The monoisotopic (exact) mass is 270 g/mol. The lowest BCUT2D eigenvalue weighted by atomic mass is 10.0. The van der Waals surface area contributed by atoms with Gasteiger partial charge in [-0.1, -0.05) is 0 Å². The van der Waals surface area contributed by atoms with Crippen molar-refractivity contribution in [2.45, 2.75) is 19.4 Å². The Morgan fingerprint density at radius 1 is 1.47 bits per heavy atom. The van der Waals surface area contributed by atoms with Crippen LogP contribution in [0.2, 0.25) is 0 Å². The van der Waals surface area contributed by atoms with Crippen molar-refractivity contribution in [3.8, 4) is 0 Å². The number of pyridine rings is 1. The average molecular weight is 271 g/mol. The van der Waals surface area contributed by atoms with Gasteiger partial charge in [-0.15, -0.1) is 0 Å². The van der Waals surface area contributed by atoms with Crippen LogP contribution in [-0.4, -0.2) is 30.3 Å². The number of nitrogens with zero attached hydrogens (tertiary/aromatic N) is 2. The van der Waals surface area contributed by atoms with Crippen LogP contribution in [0.1, 0.15) is 13.8 Å². The second kappa shape index (κ2) is 4.10. The lowest BCUT2D eigenvalue weighted by molar-refractivity contribution is 0.0639. The molecular formula is C11H15BrN2O. The van der Waals surface area contributed by atoms with Crippen LogP contribution in [0.5, 0.6) is 0 Å². The molecule has 0 atom stereocenters. The molecule has 0 radical (unpaired) electrons. The second-order valence-corrected chi connectivity index (χ2v) is 5.27. The van der Waals surface area contributed by atoms with Gasteiger partial charge < -0.3 is 9.64 Å². The molecule has 1 saturated heterocycles. The molecule has 1 aliphatic rings. The zero-order valence-corrected chi connectivity index (χ0v) is 10.6. The van der Waals surface area contributed by atoms with E-state index in [1.807, 2.05) is 18.3 Å². The van der Waals surface area contributed by atoms with E-state index in [0.29, 0.717) is 0 Å². The van der Waals surface area contributed by atoms with Crippen molar-refractivity contribution in [3.05, 3.63) is 22.8 Å². The smallest absolute Gasteiger partial charge is 0.129 e. The molecule has 0 N–H and O–H groups in total. The Kier molecular flexibility index (Phi) is 2.98. The minimum atomic E-state index is 0.0269. The van der Waals surface area contributed by atoms with E-state index in [9.17, 15) is 0 Å². The summed E-state index contributed by atoms with van der Waals surface area (Å²) in [7, 11) is 0. The Bertz CT molecular complexity index is 337. The molecule has 0 aromatic carbocycles. The quantitative estimate of drug-likeness (QED) is 0.784. The Labute approximate surface area is 98.6 Å². The Balaban J connectivity index is 2.25. The molecule has 0 unspecified atom stereocenters. The van der Waals surface area contributed by atoms with Gasteiger partial charge in [0.25, 0.3) is 0 Å². The number of morpholine rings is 1. The topological polar surface area (TPSA) is 25.4 Å². The van der Waals surface area contributed by atoms with Gasteiger partial charge in [0.05, 0.1) is 18.8 Å². The summed E-state index contributed by atoms with van der Waals surface area (Å²) in [5.41, 5.74) is 0.0269. The van der Waals surface area contributed by atoms with Crippen LogP contribution in [0, 0.1) is 0 Å². The maximum absolute atomic E-state index is 5.48. The highest BCUT2D eigenvalue weighted by atomic mass is 79.9. The molecule has 3 nitrogen and oxygen atoms in total. The number of anilines is 1. The third-order valence-corrected chi connectivity index (χ3v) is 3.10. The molecule has 1 aliphatic heterocycles. The molecule has 1 aromatic heterocycles. The van der Waals surface area contributed by atoms with Crippen LogP contribution < -0.4 is 4.90 Å². The summed E-state index contributed by atoms with van der Waals surface area (Å²) in [6.07, 6.45) is 1.83. The molecule has 0 saturated carbocycles. The van der Waals surface area contributed by atoms with E-state index in [1.165, 1.54) is 0 Å². The van der Waals surface area contributed by atoms with E-state index in [0.717, 1.165) is 30.0 Å². The van der Waals surface area contributed by atoms with Crippen molar-refractivity contribution in [1.29, 1.82) is 0 Å². The summed E-state index contributed by atoms with van der Waals surface area (Å²) in [5.74, 6) is 1.02. The van der Waals surface area contributed by atoms with E-state index in [-0.39, 0.29) is 5.54 Å². The van der Waals surface area contributed by atoms with Crippen LogP contribution in [0.4, 0.5) is 5.82 Å². The van der Waals surface area contributed by atoms with Gasteiger partial charge in [0.15, 0.2) is 0 Å². The van der Waals surface area contributed by atoms with Crippen LogP contribution in [0.25, 0.3) is 0 Å². The predicted octanol–water partition coefficient (Wildman–Crippen LogP) is 2.46. The SMILES string of the molecule is CC1(C)COCCN1c1ccc(Br)cn1. The highest BCUT2D eigenvalue weighted by Crippen LogP contribution is 2.25. The zero-order valence-electron chi connectivity index (χ0n) is 9.03. The van der Waals surface area contributed by atoms with Gasteiger partial charge in [0.1, 0.15) is 5.82 Å². The fraction of sp³-hybridized carbons (Fsp3) is 0.545. The van der Waals surface area contributed by atoms with E-state index in [2.05, 4.69) is 39.7 Å². The van der Waals surface area contributed by atoms with Crippen molar-refractivity contribution in [1.82, 2.24) is 4.98 Å². The molecule has 0 bridgehead atoms. The lowest BCUT2D eigenvalue weighted by Gasteiger charge is -2.42. The first-order valence-electron chi connectivity index (χ1n) is 5.06. The van der Waals surface area contributed by atoms with Crippen LogP contribution in [-0.2, 0) is 4.74 Å². The molecule has 0 amide bonds. The third kappa shape index (κ3) is 2.32. The average Bonchev–Trinajstić information content (AvgIpc) is 2.19. The fourth-order valence-electron chi connectivity index (χ4n) is 1.81. The van der Waals surface area contributed by atoms with Crippen molar-refractivity contribution >= 4 is 21.7 Å². The highest BCUT2D eigenvalue weighted by molar-refractivity contribution is 9.10. The van der Waals surface area contributed by atoms with Crippen LogP contribution in [0.3, 0.4) is 0 Å². The minimum absolute atomic E-state index is 0.0269. The molecule has 0 aliphatic carbocycles.